The number of carbonyl (C=O) groups excluding carboxylic acids is 1. The minimum absolute atomic E-state index is 0.127. The maximum atomic E-state index is 12.9. The molecule has 0 fully saturated rings. The molecule has 0 unspecified atom stereocenters. The van der Waals surface area contributed by atoms with Crippen molar-refractivity contribution in [3.05, 3.63) is 89.5 Å². The molecular formula is C20H14F4N4O. The number of nitrogens with one attached hydrogen (secondary N) is 2. The molecule has 2 aromatic carbocycles. The number of amides is 1. The Bertz CT molecular complexity index is 1030. The van der Waals surface area contributed by atoms with E-state index >= 15 is 0 Å². The number of halogens is 4. The second-order valence-electron chi connectivity index (χ2n) is 5.85. The zero-order valence-electron chi connectivity index (χ0n) is 14.7. The lowest BCUT2D eigenvalue weighted by Gasteiger charge is -2.12. The molecule has 0 saturated carbocycles. The molecule has 0 saturated heterocycles. The molecule has 0 aliphatic carbocycles. The van der Waals surface area contributed by atoms with Crippen molar-refractivity contribution >= 4 is 23.5 Å². The van der Waals surface area contributed by atoms with Crippen molar-refractivity contribution in [3.63, 3.8) is 0 Å². The Hall–Kier alpha value is -3.75. The smallest absolute Gasteiger partial charge is 0.355 e. The molecule has 5 nitrogen and oxygen atoms in total. The highest BCUT2D eigenvalue weighted by Crippen LogP contribution is 2.30. The highest BCUT2D eigenvalue weighted by Gasteiger charge is 2.32. The van der Waals surface area contributed by atoms with Crippen molar-refractivity contribution in [3.8, 4) is 0 Å². The number of hydrogen-bond donors (Lipinski definition) is 2. The summed E-state index contributed by atoms with van der Waals surface area (Å²) in [5.74, 6) is -0.965. The normalized spacial score (nSPS) is 11.4. The Labute approximate surface area is 163 Å². The molecule has 148 valence electrons. The molecule has 3 aromatic rings. The fourth-order valence-electron chi connectivity index (χ4n) is 2.38. The van der Waals surface area contributed by atoms with Crippen LogP contribution in [0.15, 0.2) is 72.0 Å². The first-order valence-electron chi connectivity index (χ1n) is 8.31. The quantitative estimate of drug-likeness (QED) is 0.368. The molecule has 0 atom stereocenters. The number of para-hydroxylation sites is 1. The predicted molar refractivity (Wildman–Crippen MR) is 100 cm³/mol. The third-order valence-electron chi connectivity index (χ3n) is 3.75. The van der Waals surface area contributed by atoms with Crippen LogP contribution in [0.1, 0.15) is 21.6 Å². The molecule has 9 heteroatoms. The van der Waals surface area contributed by atoms with Gasteiger partial charge in [0.2, 0.25) is 0 Å². The number of rotatable bonds is 5. The second kappa shape index (κ2) is 8.51. The van der Waals surface area contributed by atoms with E-state index in [4.69, 9.17) is 0 Å². The summed E-state index contributed by atoms with van der Waals surface area (Å²) in [7, 11) is 0. The van der Waals surface area contributed by atoms with E-state index in [0.29, 0.717) is 11.3 Å². The Morgan fingerprint density at radius 1 is 1.03 bits per heavy atom. The van der Waals surface area contributed by atoms with Gasteiger partial charge in [0.05, 0.1) is 17.5 Å². The van der Waals surface area contributed by atoms with Gasteiger partial charge >= 0.3 is 6.18 Å². The molecule has 29 heavy (non-hydrogen) atoms. The maximum absolute atomic E-state index is 12.9. The Kier molecular flexibility index (Phi) is 5.87. The maximum Gasteiger partial charge on any atom is 0.433 e. The van der Waals surface area contributed by atoms with E-state index in [9.17, 15) is 22.4 Å². The molecule has 2 N–H and O–H groups in total. The van der Waals surface area contributed by atoms with Gasteiger partial charge in [0.25, 0.3) is 5.91 Å². The van der Waals surface area contributed by atoms with Gasteiger partial charge in [0.1, 0.15) is 11.5 Å². The summed E-state index contributed by atoms with van der Waals surface area (Å²) in [6.07, 6.45) is -2.21. The lowest BCUT2D eigenvalue weighted by Crippen LogP contribution is -2.19. The first-order chi connectivity index (χ1) is 13.8. The van der Waals surface area contributed by atoms with Crippen molar-refractivity contribution < 1.29 is 22.4 Å². The van der Waals surface area contributed by atoms with Crippen LogP contribution in [0.25, 0.3) is 0 Å². The second-order valence-corrected chi connectivity index (χ2v) is 5.85. The number of hydrazone groups is 1. The van der Waals surface area contributed by atoms with E-state index in [1.54, 1.807) is 18.2 Å². The number of alkyl halides is 3. The Morgan fingerprint density at radius 3 is 2.48 bits per heavy atom. The number of benzene rings is 2. The van der Waals surface area contributed by atoms with Gasteiger partial charge in [-0.05, 0) is 42.0 Å². The molecule has 0 radical (unpaired) electrons. The van der Waals surface area contributed by atoms with Crippen LogP contribution in [-0.2, 0) is 6.18 Å². The van der Waals surface area contributed by atoms with Crippen LogP contribution in [-0.4, -0.2) is 17.1 Å². The van der Waals surface area contributed by atoms with Crippen LogP contribution in [0.5, 0.6) is 0 Å². The van der Waals surface area contributed by atoms with Crippen molar-refractivity contribution in [1.82, 2.24) is 10.4 Å². The van der Waals surface area contributed by atoms with Crippen LogP contribution in [0.4, 0.5) is 28.9 Å². The fraction of sp³-hybridized carbons (Fsp3) is 0.0500. The van der Waals surface area contributed by atoms with Gasteiger partial charge in [-0.1, -0.05) is 24.3 Å². The SMILES string of the molecule is O=C(N/N=C/c1ccc(F)cc1)c1ccccc1Nc1ccnc(C(F)(F)F)c1. The van der Waals surface area contributed by atoms with E-state index in [1.807, 2.05) is 0 Å². The molecule has 3 rings (SSSR count). The minimum Gasteiger partial charge on any atom is -0.355 e. The summed E-state index contributed by atoms with van der Waals surface area (Å²) >= 11 is 0. The first kappa shape index (κ1) is 20.0. The minimum atomic E-state index is -4.58. The zero-order chi connectivity index (χ0) is 20.9. The highest BCUT2D eigenvalue weighted by atomic mass is 19.4. The molecule has 1 aromatic heterocycles. The third-order valence-corrected chi connectivity index (χ3v) is 3.75. The summed E-state index contributed by atoms with van der Waals surface area (Å²) < 4.78 is 51.4. The first-order valence-corrected chi connectivity index (χ1v) is 8.31. The molecule has 0 spiro atoms. The zero-order valence-corrected chi connectivity index (χ0v) is 14.7. The summed E-state index contributed by atoms with van der Waals surface area (Å²) in [4.78, 5) is 15.7. The summed E-state index contributed by atoms with van der Waals surface area (Å²) in [6.45, 7) is 0. The van der Waals surface area contributed by atoms with Crippen molar-refractivity contribution in [2.75, 3.05) is 5.32 Å². The van der Waals surface area contributed by atoms with E-state index < -0.39 is 23.6 Å². The fourth-order valence-corrected chi connectivity index (χ4v) is 2.38. The number of carbonyl (C=O) groups is 1. The van der Waals surface area contributed by atoms with E-state index in [-0.39, 0.29) is 11.3 Å². The van der Waals surface area contributed by atoms with Crippen molar-refractivity contribution in [1.29, 1.82) is 0 Å². The number of aromatic nitrogens is 1. The Morgan fingerprint density at radius 2 is 1.76 bits per heavy atom. The van der Waals surface area contributed by atoms with Crippen LogP contribution in [0, 0.1) is 5.82 Å². The topological polar surface area (TPSA) is 66.4 Å². The van der Waals surface area contributed by atoms with Gasteiger partial charge in [-0.15, -0.1) is 0 Å². The predicted octanol–water partition coefficient (Wildman–Crippen LogP) is 4.75. The number of pyridine rings is 1. The molecule has 0 aliphatic rings. The van der Waals surface area contributed by atoms with Crippen LogP contribution < -0.4 is 10.7 Å². The number of hydrogen-bond acceptors (Lipinski definition) is 4. The van der Waals surface area contributed by atoms with Crippen molar-refractivity contribution in [2.24, 2.45) is 5.10 Å². The molecule has 1 heterocycles. The highest BCUT2D eigenvalue weighted by molar-refractivity contribution is 6.00. The van der Waals surface area contributed by atoms with Gasteiger partial charge < -0.3 is 5.32 Å². The lowest BCUT2D eigenvalue weighted by molar-refractivity contribution is -0.141. The summed E-state index contributed by atoms with van der Waals surface area (Å²) in [5.41, 5.74) is 2.45. The largest absolute Gasteiger partial charge is 0.433 e. The molecule has 1 amide bonds. The number of nitrogens with zero attached hydrogens (tertiary/aromatic N) is 2. The van der Waals surface area contributed by atoms with Crippen LogP contribution in [0.3, 0.4) is 0 Å². The number of anilines is 2. The van der Waals surface area contributed by atoms with Gasteiger partial charge in [-0.3, -0.25) is 9.78 Å². The summed E-state index contributed by atoms with van der Waals surface area (Å²) in [5, 5.41) is 6.59. The van der Waals surface area contributed by atoms with E-state index in [2.05, 4.69) is 20.8 Å². The summed E-state index contributed by atoms with van der Waals surface area (Å²) in [6, 6.07) is 14.0. The average Bonchev–Trinajstić information content (AvgIpc) is 2.69. The standard InChI is InChI=1S/C20H14F4N4O/c21-14-7-5-13(6-8-14)12-26-28-19(29)16-3-1-2-4-17(16)27-15-9-10-25-18(11-15)20(22,23)24/h1-12H,(H,25,27)(H,28,29)/b26-12+. The van der Waals surface area contributed by atoms with Gasteiger partial charge in [-0.2, -0.15) is 18.3 Å². The third kappa shape index (κ3) is 5.38. The lowest BCUT2D eigenvalue weighted by atomic mass is 10.1. The van der Waals surface area contributed by atoms with Crippen LogP contribution >= 0.6 is 0 Å². The van der Waals surface area contributed by atoms with Gasteiger partial charge in [0, 0.05) is 11.9 Å². The average molecular weight is 402 g/mol. The molecule has 0 aliphatic heterocycles. The Balaban J connectivity index is 1.75. The molecular weight excluding hydrogens is 388 g/mol. The monoisotopic (exact) mass is 402 g/mol. The van der Waals surface area contributed by atoms with Crippen LogP contribution in [0.2, 0.25) is 0 Å². The van der Waals surface area contributed by atoms with Gasteiger partial charge in [-0.25, -0.2) is 9.82 Å². The molecule has 0 bridgehead atoms. The van der Waals surface area contributed by atoms with Crippen molar-refractivity contribution in [2.45, 2.75) is 6.18 Å². The van der Waals surface area contributed by atoms with E-state index in [0.717, 1.165) is 12.3 Å². The van der Waals surface area contributed by atoms with E-state index in [1.165, 1.54) is 42.6 Å². The van der Waals surface area contributed by atoms with Gasteiger partial charge in [0.15, 0.2) is 0 Å².